The van der Waals surface area contributed by atoms with Crippen LogP contribution < -0.4 is 13.7 Å². The van der Waals surface area contributed by atoms with Gasteiger partial charge in [-0.1, -0.05) is 13.0 Å². The van der Waals surface area contributed by atoms with E-state index in [4.69, 9.17) is 13.7 Å². The van der Waals surface area contributed by atoms with Crippen LogP contribution in [0.4, 0.5) is 0 Å². The van der Waals surface area contributed by atoms with E-state index in [9.17, 15) is 13.2 Å². The van der Waals surface area contributed by atoms with E-state index in [0.29, 0.717) is 43.4 Å². The van der Waals surface area contributed by atoms with Gasteiger partial charge < -0.3 is 23.5 Å². The maximum Gasteiger partial charge on any atom is 0.339 e. The molecule has 1 fully saturated rings. The normalized spacial score (nSPS) is 17.0. The molecule has 0 atom stereocenters. The summed E-state index contributed by atoms with van der Waals surface area (Å²) in [5.74, 6) is 0.833. The highest BCUT2D eigenvalue weighted by Crippen LogP contribution is 2.33. The number of hydrogen-bond acceptors (Lipinski definition) is 7. The minimum Gasteiger partial charge on any atom is -0.486 e. The van der Waals surface area contributed by atoms with Gasteiger partial charge in [0.05, 0.1) is 0 Å². The molecule has 172 valence electrons. The number of carbonyl (C=O) groups is 1. The zero-order valence-electron chi connectivity index (χ0n) is 18.2. The van der Waals surface area contributed by atoms with E-state index in [-0.39, 0.29) is 16.6 Å². The highest BCUT2D eigenvalue weighted by atomic mass is 32.2. The summed E-state index contributed by atoms with van der Waals surface area (Å²) in [5, 5.41) is 0. The number of ether oxygens (including phenoxy) is 2. The molecule has 2 aromatic carbocycles. The van der Waals surface area contributed by atoms with Crippen LogP contribution >= 0.6 is 0 Å². The number of rotatable bonds is 6. The van der Waals surface area contributed by atoms with Crippen molar-refractivity contribution in [3.05, 3.63) is 48.0 Å². The van der Waals surface area contributed by atoms with Gasteiger partial charge in [0.25, 0.3) is 5.91 Å². The Kier molecular flexibility index (Phi) is 6.86. The Morgan fingerprint density at radius 1 is 1.00 bits per heavy atom. The van der Waals surface area contributed by atoms with Gasteiger partial charge in [0.1, 0.15) is 23.9 Å². The molecule has 0 radical (unpaired) electrons. The van der Waals surface area contributed by atoms with E-state index in [1.807, 2.05) is 4.90 Å². The second-order valence-electron chi connectivity index (χ2n) is 7.86. The molecule has 0 aromatic heterocycles. The van der Waals surface area contributed by atoms with Crippen LogP contribution in [0, 0.1) is 0 Å². The lowest BCUT2D eigenvalue weighted by Crippen LogP contribution is -2.35. The van der Waals surface area contributed by atoms with Crippen LogP contribution in [0.25, 0.3) is 0 Å². The predicted octanol–water partition coefficient (Wildman–Crippen LogP) is 2.78. The van der Waals surface area contributed by atoms with Crippen LogP contribution in [0.15, 0.2) is 47.4 Å². The van der Waals surface area contributed by atoms with E-state index in [2.05, 4.69) is 11.8 Å². The molecule has 2 aliphatic rings. The molecule has 0 bridgehead atoms. The second kappa shape index (κ2) is 9.79. The summed E-state index contributed by atoms with van der Waals surface area (Å²) in [6.07, 6.45) is 2.01. The molecule has 0 N–H and O–H groups in total. The maximum atomic E-state index is 13.0. The Morgan fingerprint density at radius 3 is 2.62 bits per heavy atom. The molecule has 0 aliphatic carbocycles. The summed E-state index contributed by atoms with van der Waals surface area (Å²) < 4.78 is 41.8. The molecular formula is C23H28N2O6S. The molecule has 0 unspecified atom stereocenters. The molecular weight excluding hydrogens is 432 g/mol. The summed E-state index contributed by atoms with van der Waals surface area (Å²) in [4.78, 5) is 17.2. The number of amides is 1. The Labute approximate surface area is 188 Å². The Balaban J connectivity index is 1.47. The van der Waals surface area contributed by atoms with E-state index in [1.165, 1.54) is 24.3 Å². The van der Waals surface area contributed by atoms with Crippen molar-refractivity contribution in [1.29, 1.82) is 0 Å². The first-order valence-electron chi connectivity index (χ1n) is 10.9. The fraction of sp³-hybridized carbons (Fsp3) is 0.435. The van der Waals surface area contributed by atoms with Gasteiger partial charge in [0.15, 0.2) is 11.5 Å². The van der Waals surface area contributed by atoms with Crippen LogP contribution in [0.3, 0.4) is 0 Å². The van der Waals surface area contributed by atoms with Gasteiger partial charge >= 0.3 is 10.1 Å². The lowest BCUT2D eigenvalue weighted by atomic mass is 10.2. The first-order valence-corrected chi connectivity index (χ1v) is 12.3. The fourth-order valence-corrected chi connectivity index (χ4v) is 4.87. The van der Waals surface area contributed by atoms with E-state index < -0.39 is 10.1 Å². The smallest absolute Gasteiger partial charge is 0.339 e. The van der Waals surface area contributed by atoms with Crippen molar-refractivity contribution in [2.45, 2.75) is 24.7 Å². The van der Waals surface area contributed by atoms with Gasteiger partial charge in [0.2, 0.25) is 0 Å². The van der Waals surface area contributed by atoms with Crippen LogP contribution in [-0.2, 0) is 10.1 Å². The van der Waals surface area contributed by atoms with E-state index in [1.54, 1.807) is 18.2 Å². The molecule has 2 heterocycles. The van der Waals surface area contributed by atoms with Crippen molar-refractivity contribution in [2.24, 2.45) is 0 Å². The third kappa shape index (κ3) is 5.16. The second-order valence-corrected chi connectivity index (χ2v) is 9.40. The number of fused-ring (bicyclic) bond motifs is 1. The Hall–Kier alpha value is -2.78. The van der Waals surface area contributed by atoms with Crippen LogP contribution in [0.5, 0.6) is 17.2 Å². The van der Waals surface area contributed by atoms with Crippen LogP contribution in [0.2, 0.25) is 0 Å². The highest BCUT2D eigenvalue weighted by Gasteiger charge is 2.23. The summed E-state index contributed by atoms with van der Waals surface area (Å²) >= 11 is 0. The first-order chi connectivity index (χ1) is 15.5. The summed E-state index contributed by atoms with van der Waals surface area (Å²) in [6, 6.07) is 10.7. The molecule has 4 rings (SSSR count). The SMILES string of the molecule is CCCN1CCCN(C(=O)c2cccc(OS(=O)(=O)c3ccc4c(c3)OCCO4)c2)CC1. The molecule has 8 nitrogen and oxygen atoms in total. The van der Waals surface area contributed by atoms with Crippen molar-refractivity contribution in [3.63, 3.8) is 0 Å². The molecule has 0 spiro atoms. The summed E-state index contributed by atoms with van der Waals surface area (Å²) in [5.41, 5.74) is 0.406. The minimum absolute atomic E-state index is 0.0398. The molecule has 1 saturated heterocycles. The topological polar surface area (TPSA) is 85.4 Å². The quantitative estimate of drug-likeness (QED) is 0.613. The average Bonchev–Trinajstić information content (AvgIpc) is 3.04. The van der Waals surface area contributed by atoms with Gasteiger partial charge in [-0.15, -0.1) is 0 Å². The number of carbonyl (C=O) groups excluding carboxylic acids is 1. The van der Waals surface area contributed by atoms with Crippen LogP contribution in [0.1, 0.15) is 30.1 Å². The lowest BCUT2D eigenvalue weighted by Gasteiger charge is -2.22. The van der Waals surface area contributed by atoms with Crippen molar-refractivity contribution in [2.75, 3.05) is 45.9 Å². The minimum atomic E-state index is -4.10. The summed E-state index contributed by atoms with van der Waals surface area (Å²) in [6.45, 7) is 7.11. The standard InChI is InChI=1S/C23H28N2O6S/c1-2-9-24-10-4-11-25(13-12-24)23(26)18-5-3-6-19(16-18)31-32(27,28)20-7-8-21-22(17-20)30-15-14-29-21/h3,5-8,16-17H,2,4,9-15H2,1H3. The van der Waals surface area contributed by atoms with Crippen molar-refractivity contribution < 1.29 is 26.9 Å². The lowest BCUT2D eigenvalue weighted by molar-refractivity contribution is 0.0761. The molecule has 9 heteroatoms. The van der Waals surface area contributed by atoms with E-state index >= 15 is 0 Å². The first kappa shape index (κ1) is 22.4. The summed E-state index contributed by atoms with van der Waals surface area (Å²) in [7, 11) is -4.10. The van der Waals surface area contributed by atoms with E-state index in [0.717, 1.165) is 32.5 Å². The van der Waals surface area contributed by atoms with Crippen molar-refractivity contribution in [1.82, 2.24) is 9.80 Å². The third-order valence-electron chi connectivity index (χ3n) is 5.50. The van der Waals surface area contributed by atoms with Crippen LogP contribution in [-0.4, -0.2) is 70.1 Å². The Bertz CT molecular complexity index is 1070. The molecule has 2 aromatic rings. The molecule has 32 heavy (non-hydrogen) atoms. The van der Waals surface area contributed by atoms with Gasteiger partial charge in [-0.3, -0.25) is 4.79 Å². The zero-order chi connectivity index (χ0) is 22.6. The largest absolute Gasteiger partial charge is 0.486 e. The maximum absolute atomic E-state index is 13.0. The molecule has 1 amide bonds. The van der Waals surface area contributed by atoms with Gasteiger partial charge in [-0.25, -0.2) is 0 Å². The molecule has 2 aliphatic heterocycles. The van der Waals surface area contributed by atoms with Crippen molar-refractivity contribution >= 4 is 16.0 Å². The fourth-order valence-electron chi connectivity index (χ4n) is 3.93. The van der Waals surface area contributed by atoms with Gasteiger partial charge in [-0.05, 0) is 56.3 Å². The molecule has 0 saturated carbocycles. The van der Waals surface area contributed by atoms with Crippen molar-refractivity contribution in [3.8, 4) is 17.2 Å². The Morgan fingerprint density at radius 2 is 1.81 bits per heavy atom. The highest BCUT2D eigenvalue weighted by molar-refractivity contribution is 7.87. The number of hydrogen-bond donors (Lipinski definition) is 0. The number of benzene rings is 2. The zero-order valence-corrected chi connectivity index (χ0v) is 19.0. The predicted molar refractivity (Wildman–Crippen MR) is 119 cm³/mol. The van der Waals surface area contributed by atoms with Gasteiger partial charge in [-0.2, -0.15) is 8.42 Å². The van der Waals surface area contributed by atoms with Gasteiger partial charge in [0, 0.05) is 31.3 Å². The monoisotopic (exact) mass is 460 g/mol. The third-order valence-corrected chi connectivity index (χ3v) is 6.75. The average molecular weight is 461 g/mol. The number of nitrogens with zero attached hydrogens (tertiary/aromatic N) is 2.